The van der Waals surface area contributed by atoms with Crippen molar-refractivity contribution < 1.29 is 88.5 Å². The number of unbranched alkanes of at least 4 members (excludes halogenated alkanes) is 1. The molecule has 2 atom stereocenters. The van der Waals surface area contributed by atoms with Crippen molar-refractivity contribution in [2.75, 3.05) is 39.3 Å². The van der Waals surface area contributed by atoms with Crippen LogP contribution in [0.2, 0.25) is 0 Å². The van der Waals surface area contributed by atoms with Crippen LogP contribution in [0, 0.1) is 0 Å². The summed E-state index contributed by atoms with van der Waals surface area (Å²) in [4.78, 5) is 138. The number of nitrogens with one attached hydrogen (secondary N) is 3. The second kappa shape index (κ2) is 25.1. The van der Waals surface area contributed by atoms with E-state index in [-0.39, 0.29) is 51.3 Å². The molecule has 5 amide bonds. The van der Waals surface area contributed by atoms with Crippen molar-refractivity contribution >= 4 is 65.5 Å². The molecule has 2 rings (SSSR count). The van der Waals surface area contributed by atoms with Crippen LogP contribution in [-0.2, 0) is 74.1 Å². The molecule has 0 spiro atoms. The number of urea groups is 1. The Morgan fingerprint density at radius 2 is 1.13 bits per heavy atom. The lowest BCUT2D eigenvalue weighted by atomic mass is 10.1. The molecule has 0 aliphatic carbocycles. The number of hydrogen-bond donors (Lipinski definition) is 10. The Labute approximate surface area is 350 Å². The van der Waals surface area contributed by atoms with E-state index in [0.717, 1.165) is 0 Å². The molecule has 2 aromatic rings. The maximum Gasteiger partial charge on any atom is 0.326 e. The Kier molecular flexibility index (Phi) is 20.5. The SMILES string of the molecule is O=C(O)CC[C@H](NC(=O)N[C@@H](CCCCNC(=O)CN(Cc1cccn1CC(=O)N(CC(=O)O)CC(=O)O)Cc1nccn1CC(=O)N(CC(=O)O)CC(=O)O)C(=O)O)C(=O)O. The minimum atomic E-state index is -1.60. The van der Waals surface area contributed by atoms with Crippen molar-refractivity contribution in [1.82, 2.24) is 44.8 Å². The smallest absolute Gasteiger partial charge is 0.326 e. The summed E-state index contributed by atoms with van der Waals surface area (Å²) in [5, 5.41) is 71.1. The van der Waals surface area contributed by atoms with Gasteiger partial charge in [-0.2, -0.15) is 0 Å². The van der Waals surface area contributed by atoms with Crippen molar-refractivity contribution in [3.05, 3.63) is 42.2 Å². The summed E-state index contributed by atoms with van der Waals surface area (Å²) >= 11 is 0. The van der Waals surface area contributed by atoms with Gasteiger partial charge in [-0.3, -0.25) is 43.3 Å². The molecule has 0 aliphatic rings. The molecule has 2 heterocycles. The number of carboxylic acid groups (broad SMARTS) is 7. The van der Waals surface area contributed by atoms with Crippen molar-refractivity contribution in [3.8, 4) is 0 Å². The zero-order chi connectivity index (χ0) is 46.5. The first-order valence-electron chi connectivity index (χ1n) is 18.4. The van der Waals surface area contributed by atoms with Crippen LogP contribution in [0.5, 0.6) is 0 Å². The third kappa shape index (κ3) is 19.0. The Morgan fingerprint density at radius 1 is 0.613 bits per heavy atom. The van der Waals surface area contributed by atoms with Gasteiger partial charge in [0, 0.05) is 43.8 Å². The number of nitrogens with zero attached hydrogens (tertiary/aromatic N) is 6. The van der Waals surface area contributed by atoms with E-state index in [0.29, 0.717) is 15.5 Å². The highest BCUT2D eigenvalue weighted by Gasteiger charge is 2.26. The fourth-order valence-corrected chi connectivity index (χ4v) is 5.69. The number of hydrogen-bond acceptors (Lipinski definition) is 13. The third-order valence-corrected chi connectivity index (χ3v) is 8.56. The topological polar surface area (TPSA) is 398 Å². The summed E-state index contributed by atoms with van der Waals surface area (Å²) in [7, 11) is 0. The van der Waals surface area contributed by atoms with E-state index in [2.05, 4.69) is 15.6 Å². The van der Waals surface area contributed by atoms with Gasteiger partial charge in [0.2, 0.25) is 17.7 Å². The van der Waals surface area contributed by atoms with Gasteiger partial charge in [0.05, 0.1) is 13.1 Å². The maximum absolute atomic E-state index is 13.3. The van der Waals surface area contributed by atoms with Gasteiger partial charge in [0.1, 0.15) is 57.2 Å². The summed E-state index contributed by atoms with van der Waals surface area (Å²) < 4.78 is 2.69. The molecular formula is C35H47N9O18. The van der Waals surface area contributed by atoms with Gasteiger partial charge < -0.3 is 70.6 Å². The van der Waals surface area contributed by atoms with Crippen LogP contribution in [0.25, 0.3) is 0 Å². The van der Waals surface area contributed by atoms with E-state index >= 15 is 0 Å². The van der Waals surface area contributed by atoms with Crippen LogP contribution in [-0.4, -0.2) is 181 Å². The molecule has 0 unspecified atom stereocenters. The first kappa shape index (κ1) is 50.6. The molecule has 0 saturated carbocycles. The molecular weight excluding hydrogens is 834 g/mol. The van der Waals surface area contributed by atoms with Crippen LogP contribution in [0.3, 0.4) is 0 Å². The molecule has 0 radical (unpaired) electrons. The van der Waals surface area contributed by atoms with E-state index in [1.165, 1.54) is 38.7 Å². The number of carboxylic acids is 7. The summed E-state index contributed by atoms with van der Waals surface area (Å²) in [6, 6.07) is -1.13. The number of imidazole rings is 1. The Morgan fingerprint density at radius 3 is 1.63 bits per heavy atom. The minimum absolute atomic E-state index is 0.00146. The predicted octanol–water partition coefficient (Wildman–Crippen LogP) is -2.96. The van der Waals surface area contributed by atoms with E-state index in [4.69, 9.17) is 5.11 Å². The molecule has 27 heteroatoms. The van der Waals surface area contributed by atoms with Crippen LogP contribution < -0.4 is 16.0 Å². The molecule has 0 bridgehead atoms. The monoisotopic (exact) mass is 881 g/mol. The Bertz CT molecular complexity index is 1840. The number of carbonyl (C=O) groups is 11. The molecule has 340 valence electrons. The lowest BCUT2D eigenvalue weighted by Crippen LogP contribution is -2.51. The predicted molar refractivity (Wildman–Crippen MR) is 203 cm³/mol. The first-order chi connectivity index (χ1) is 29.1. The lowest BCUT2D eigenvalue weighted by Gasteiger charge is -2.24. The standard InChI is InChI=1S/C35H47N9O18/c45-25(37-8-2-1-5-22(33(58)59)38-35(62)39-23(34(60)61)6-7-28(48)49)14-40(12-21-4-3-10-41(21)15-26(46)43(17-29(50)51)18-30(52)53)13-24-36-9-11-42(24)16-27(47)44(19-31(54)55)20-32(56)57/h3-4,9-11,22-23H,1-2,5-8,12-20H2,(H,37,45)(H,48,49)(H,50,51)(H,52,53)(H,54,55)(H,56,57)(H,58,59)(H,60,61)(H2,38,39,62)/t22-,23-/m0/s1. The van der Waals surface area contributed by atoms with E-state index in [1.807, 2.05) is 5.32 Å². The van der Waals surface area contributed by atoms with Gasteiger partial charge in [-0.15, -0.1) is 0 Å². The molecule has 10 N–H and O–H groups in total. The fraction of sp³-hybridized carbons (Fsp3) is 0.486. The number of carbonyl (C=O) groups excluding carboxylic acids is 4. The molecule has 0 saturated heterocycles. The largest absolute Gasteiger partial charge is 0.481 e. The highest BCUT2D eigenvalue weighted by Crippen LogP contribution is 2.13. The summed E-state index contributed by atoms with van der Waals surface area (Å²) in [5.41, 5.74) is 0.382. The average molecular weight is 882 g/mol. The summed E-state index contributed by atoms with van der Waals surface area (Å²) in [6.45, 7) is -5.28. The van der Waals surface area contributed by atoms with Crippen molar-refractivity contribution in [2.24, 2.45) is 0 Å². The number of aromatic nitrogens is 3. The summed E-state index contributed by atoms with van der Waals surface area (Å²) in [6.07, 6.45) is 3.27. The number of aliphatic carboxylic acids is 7. The average Bonchev–Trinajstić information content (AvgIpc) is 3.79. The van der Waals surface area contributed by atoms with Crippen LogP contribution in [0.1, 0.15) is 43.6 Å². The zero-order valence-electron chi connectivity index (χ0n) is 33.0. The van der Waals surface area contributed by atoms with Crippen LogP contribution in [0.15, 0.2) is 30.7 Å². The van der Waals surface area contributed by atoms with E-state index < -0.39 is 130 Å². The van der Waals surface area contributed by atoms with Crippen molar-refractivity contribution in [2.45, 2.75) is 70.4 Å². The zero-order valence-corrected chi connectivity index (χ0v) is 33.0. The van der Waals surface area contributed by atoms with Gasteiger partial charge in [-0.05, 0) is 37.8 Å². The van der Waals surface area contributed by atoms with Gasteiger partial charge in [0.25, 0.3) is 0 Å². The lowest BCUT2D eigenvalue weighted by molar-refractivity contribution is -0.150. The van der Waals surface area contributed by atoms with Gasteiger partial charge in [-0.25, -0.2) is 19.4 Å². The van der Waals surface area contributed by atoms with Gasteiger partial charge in [0.15, 0.2) is 0 Å². The van der Waals surface area contributed by atoms with Crippen molar-refractivity contribution in [1.29, 1.82) is 0 Å². The minimum Gasteiger partial charge on any atom is -0.481 e. The normalized spacial score (nSPS) is 11.8. The maximum atomic E-state index is 13.3. The summed E-state index contributed by atoms with van der Waals surface area (Å²) in [5.74, 6) is -12.2. The molecule has 2 aromatic heterocycles. The number of amides is 5. The molecule has 27 nitrogen and oxygen atoms in total. The highest BCUT2D eigenvalue weighted by molar-refractivity contribution is 5.87. The molecule has 0 aliphatic heterocycles. The first-order valence-corrected chi connectivity index (χ1v) is 18.4. The van der Waals surface area contributed by atoms with Gasteiger partial charge >= 0.3 is 47.8 Å². The van der Waals surface area contributed by atoms with Gasteiger partial charge in [-0.1, -0.05) is 0 Å². The Hall–Kier alpha value is -7.58. The van der Waals surface area contributed by atoms with Crippen LogP contribution in [0.4, 0.5) is 4.79 Å². The Balaban J connectivity index is 2.20. The molecule has 62 heavy (non-hydrogen) atoms. The van der Waals surface area contributed by atoms with E-state index in [1.54, 1.807) is 6.07 Å². The molecule has 0 fully saturated rings. The fourth-order valence-electron chi connectivity index (χ4n) is 5.69. The number of rotatable bonds is 30. The second-order valence-corrected chi connectivity index (χ2v) is 13.5. The van der Waals surface area contributed by atoms with Crippen molar-refractivity contribution in [3.63, 3.8) is 0 Å². The highest BCUT2D eigenvalue weighted by atomic mass is 16.4. The second-order valence-electron chi connectivity index (χ2n) is 13.5. The van der Waals surface area contributed by atoms with E-state index in [9.17, 15) is 83.4 Å². The third-order valence-electron chi connectivity index (χ3n) is 8.56. The molecule has 0 aromatic carbocycles. The van der Waals surface area contributed by atoms with Crippen LogP contribution >= 0.6 is 0 Å². The quantitative estimate of drug-likeness (QED) is 0.0350.